The van der Waals surface area contributed by atoms with Crippen molar-refractivity contribution in [2.24, 2.45) is 0 Å². The summed E-state index contributed by atoms with van der Waals surface area (Å²) in [6.45, 7) is 0. The zero-order valence-electron chi connectivity index (χ0n) is 7.40. The molecule has 0 amide bonds. The summed E-state index contributed by atoms with van der Waals surface area (Å²) < 4.78 is 5.29. The lowest BCUT2D eigenvalue weighted by atomic mass is 10.1. The van der Waals surface area contributed by atoms with E-state index in [1.165, 1.54) is 0 Å². The number of hydrogen-bond acceptors (Lipinski definition) is 2. The lowest BCUT2D eigenvalue weighted by Crippen LogP contribution is -1.73. The number of fused-ring (bicyclic) bond motifs is 3. The molecule has 2 nitrogen and oxygen atoms in total. The zero-order valence-corrected chi connectivity index (χ0v) is 7.40. The summed E-state index contributed by atoms with van der Waals surface area (Å²) in [5.74, 6) is -0.0498. The van der Waals surface area contributed by atoms with Crippen molar-refractivity contribution in [3.63, 3.8) is 0 Å². The van der Waals surface area contributed by atoms with Gasteiger partial charge in [0.25, 0.3) is 5.95 Å². The normalized spacial score (nSPS) is 11.1. The van der Waals surface area contributed by atoms with Crippen LogP contribution in [0.5, 0.6) is 5.95 Å². The fraction of sp³-hybridized carbons (Fsp3) is 0. The van der Waals surface area contributed by atoms with Crippen LogP contribution in [-0.4, -0.2) is 5.11 Å². The highest BCUT2D eigenvalue weighted by Gasteiger charge is 2.03. The Bertz CT molecular complexity index is 608. The average molecular weight is 184 g/mol. The molecular formula is C12H8O2. The van der Waals surface area contributed by atoms with E-state index in [1.54, 1.807) is 6.07 Å². The minimum Gasteiger partial charge on any atom is -0.481 e. The molecule has 1 N–H and O–H groups in total. The molecule has 68 valence electrons. The van der Waals surface area contributed by atoms with Gasteiger partial charge in [-0.1, -0.05) is 30.3 Å². The third-order valence-electron chi connectivity index (χ3n) is 2.41. The van der Waals surface area contributed by atoms with Crippen LogP contribution in [0, 0.1) is 0 Å². The van der Waals surface area contributed by atoms with Crippen molar-refractivity contribution in [1.29, 1.82) is 0 Å². The summed E-state index contributed by atoms with van der Waals surface area (Å²) in [4.78, 5) is 0. The summed E-state index contributed by atoms with van der Waals surface area (Å²) >= 11 is 0. The van der Waals surface area contributed by atoms with Crippen molar-refractivity contribution in [2.75, 3.05) is 0 Å². The standard InChI is InChI=1S/C12H8O2/c13-11-7-6-9-5-4-8-2-1-3-10(8)12(9)14-11/h1-7,13H. The van der Waals surface area contributed by atoms with Gasteiger partial charge in [-0.25, -0.2) is 0 Å². The smallest absolute Gasteiger partial charge is 0.282 e. The molecule has 2 heteroatoms. The molecule has 14 heavy (non-hydrogen) atoms. The van der Waals surface area contributed by atoms with E-state index >= 15 is 0 Å². The van der Waals surface area contributed by atoms with Crippen LogP contribution in [0.15, 0.2) is 46.9 Å². The van der Waals surface area contributed by atoms with Gasteiger partial charge in [-0.15, -0.1) is 0 Å². The Balaban J connectivity index is 2.60. The molecular weight excluding hydrogens is 176 g/mol. The molecule has 0 saturated carbocycles. The van der Waals surface area contributed by atoms with E-state index in [2.05, 4.69) is 0 Å². The predicted molar refractivity (Wildman–Crippen MR) is 55.4 cm³/mol. The highest BCUT2D eigenvalue weighted by atomic mass is 16.5. The Morgan fingerprint density at radius 2 is 1.64 bits per heavy atom. The van der Waals surface area contributed by atoms with Crippen LogP contribution in [0.2, 0.25) is 0 Å². The molecule has 0 fully saturated rings. The molecule has 0 radical (unpaired) electrons. The van der Waals surface area contributed by atoms with E-state index < -0.39 is 0 Å². The van der Waals surface area contributed by atoms with Crippen LogP contribution in [0.1, 0.15) is 0 Å². The van der Waals surface area contributed by atoms with Crippen molar-refractivity contribution in [2.45, 2.75) is 0 Å². The van der Waals surface area contributed by atoms with Crippen molar-refractivity contribution < 1.29 is 9.52 Å². The van der Waals surface area contributed by atoms with Gasteiger partial charge < -0.3 is 9.52 Å². The van der Waals surface area contributed by atoms with Gasteiger partial charge in [0.05, 0.1) is 0 Å². The number of benzene rings is 1. The third kappa shape index (κ3) is 0.909. The van der Waals surface area contributed by atoms with Crippen molar-refractivity contribution in [1.82, 2.24) is 0 Å². The Kier molecular flexibility index (Phi) is 1.34. The summed E-state index contributed by atoms with van der Waals surface area (Å²) in [6, 6.07) is 13.4. The second kappa shape index (κ2) is 2.51. The summed E-state index contributed by atoms with van der Waals surface area (Å²) in [7, 11) is 0. The Morgan fingerprint density at radius 1 is 0.857 bits per heavy atom. The molecule has 0 bridgehead atoms. The number of hydrogen-bond donors (Lipinski definition) is 1. The van der Waals surface area contributed by atoms with Gasteiger partial charge >= 0.3 is 0 Å². The fourth-order valence-corrected chi connectivity index (χ4v) is 1.74. The Morgan fingerprint density at radius 3 is 2.57 bits per heavy atom. The van der Waals surface area contributed by atoms with Crippen LogP contribution in [0.3, 0.4) is 0 Å². The summed E-state index contributed by atoms with van der Waals surface area (Å²) in [5, 5.41) is 12.4. The van der Waals surface area contributed by atoms with E-state index in [-0.39, 0.29) is 5.95 Å². The van der Waals surface area contributed by atoms with Crippen LogP contribution in [0.4, 0.5) is 0 Å². The third-order valence-corrected chi connectivity index (χ3v) is 2.41. The van der Waals surface area contributed by atoms with Crippen molar-refractivity contribution in [3.8, 4) is 5.95 Å². The quantitative estimate of drug-likeness (QED) is 0.581. The first-order valence-electron chi connectivity index (χ1n) is 4.45. The molecule has 0 aliphatic carbocycles. The van der Waals surface area contributed by atoms with Gasteiger partial charge in [-0.05, 0) is 11.5 Å². The van der Waals surface area contributed by atoms with Crippen LogP contribution in [-0.2, 0) is 0 Å². The van der Waals surface area contributed by atoms with Crippen LogP contribution >= 0.6 is 0 Å². The van der Waals surface area contributed by atoms with E-state index in [9.17, 15) is 5.11 Å². The first-order valence-corrected chi connectivity index (χ1v) is 4.45. The Hall–Kier alpha value is -1.96. The molecule has 0 unspecified atom stereocenters. The van der Waals surface area contributed by atoms with Gasteiger partial charge in [-0.2, -0.15) is 0 Å². The van der Waals surface area contributed by atoms with Gasteiger partial charge in [0.1, 0.15) is 5.58 Å². The molecule has 1 aromatic heterocycles. The van der Waals surface area contributed by atoms with E-state index in [4.69, 9.17) is 4.42 Å². The first-order chi connectivity index (χ1) is 6.84. The minimum absolute atomic E-state index is 0.0498. The second-order valence-corrected chi connectivity index (χ2v) is 3.29. The highest BCUT2D eigenvalue weighted by molar-refractivity contribution is 6.04. The molecule has 1 heterocycles. The van der Waals surface area contributed by atoms with Crippen molar-refractivity contribution in [3.05, 3.63) is 42.5 Å². The minimum atomic E-state index is -0.0498. The van der Waals surface area contributed by atoms with E-state index in [1.807, 2.05) is 36.4 Å². The average Bonchev–Trinajstić information content (AvgIpc) is 2.65. The molecule has 2 aromatic carbocycles. The zero-order chi connectivity index (χ0) is 9.54. The molecule has 0 aliphatic rings. The predicted octanol–water partition coefficient (Wildman–Crippen LogP) is 3.29. The first kappa shape index (κ1) is 7.44. The molecule has 0 atom stereocenters. The molecule has 0 aliphatic heterocycles. The van der Waals surface area contributed by atoms with Gasteiger partial charge in [-0.3, -0.25) is 0 Å². The van der Waals surface area contributed by atoms with Crippen LogP contribution < -0.4 is 0 Å². The molecule has 3 rings (SSSR count). The highest BCUT2D eigenvalue weighted by Crippen LogP contribution is 2.28. The largest absolute Gasteiger partial charge is 0.481 e. The lowest BCUT2D eigenvalue weighted by molar-refractivity contribution is 0.341. The number of aromatic hydroxyl groups is 1. The maximum Gasteiger partial charge on any atom is 0.282 e. The molecule has 3 aromatic rings. The maximum atomic E-state index is 9.26. The molecule has 0 saturated heterocycles. The number of rotatable bonds is 0. The topological polar surface area (TPSA) is 33.4 Å². The summed E-state index contributed by atoms with van der Waals surface area (Å²) in [6.07, 6.45) is 0. The summed E-state index contributed by atoms with van der Waals surface area (Å²) in [5.41, 5.74) is 0.743. The maximum absolute atomic E-state index is 9.26. The fourth-order valence-electron chi connectivity index (χ4n) is 1.74. The SMILES string of the molecule is Oc1ccc2ccc3cccc3c2o1. The van der Waals surface area contributed by atoms with Gasteiger partial charge in [0.15, 0.2) is 0 Å². The lowest BCUT2D eigenvalue weighted by Gasteiger charge is -1.99. The Labute approximate surface area is 80.4 Å². The van der Waals surface area contributed by atoms with Gasteiger partial charge in [0.2, 0.25) is 0 Å². The van der Waals surface area contributed by atoms with Crippen molar-refractivity contribution >= 4 is 21.7 Å². The van der Waals surface area contributed by atoms with E-state index in [0.29, 0.717) is 0 Å². The second-order valence-electron chi connectivity index (χ2n) is 3.29. The van der Waals surface area contributed by atoms with E-state index in [0.717, 1.165) is 21.7 Å². The molecule has 0 spiro atoms. The van der Waals surface area contributed by atoms with Gasteiger partial charge in [0, 0.05) is 16.8 Å². The van der Waals surface area contributed by atoms with Crippen LogP contribution in [0.25, 0.3) is 21.7 Å². The monoisotopic (exact) mass is 184 g/mol.